The van der Waals surface area contributed by atoms with Gasteiger partial charge >= 0.3 is 0 Å². The number of ether oxygens (including phenoxy) is 1. The fourth-order valence-corrected chi connectivity index (χ4v) is 3.92. The van der Waals surface area contributed by atoms with E-state index in [1.165, 1.54) is 5.56 Å². The molecule has 36 heavy (non-hydrogen) atoms. The molecule has 0 aliphatic carbocycles. The van der Waals surface area contributed by atoms with E-state index in [4.69, 9.17) is 9.26 Å². The zero-order chi connectivity index (χ0) is 24.7. The molecule has 0 bridgehead atoms. The van der Waals surface area contributed by atoms with Crippen LogP contribution in [0.25, 0.3) is 11.1 Å². The predicted molar refractivity (Wildman–Crippen MR) is 134 cm³/mol. The minimum Gasteiger partial charge on any atom is -0.485 e. The third-order valence-corrected chi connectivity index (χ3v) is 5.68. The first-order chi connectivity index (χ1) is 17.7. The molecule has 1 N–H and O–H groups in total. The van der Waals surface area contributed by atoms with Gasteiger partial charge in [-0.05, 0) is 40.5 Å². The molecule has 2 aromatic heterocycles. The number of aryl methyl sites for hydroxylation is 1. The molecule has 3 aromatic carbocycles. The number of nitrogens with zero attached hydrogens (tertiary/aromatic N) is 4. The largest absolute Gasteiger partial charge is 0.485 e. The van der Waals surface area contributed by atoms with E-state index in [2.05, 4.69) is 50.9 Å². The van der Waals surface area contributed by atoms with E-state index in [0.717, 1.165) is 23.2 Å². The Morgan fingerprint density at radius 2 is 1.81 bits per heavy atom. The minimum absolute atomic E-state index is 0.112. The predicted octanol–water partition coefficient (Wildman–Crippen LogP) is 4.80. The van der Waals surface area contributed by atoms with Crippen molar-refractivity contribution in [3.63, 3.8) is 0 Å². The molecule has 0 fully saturated rings. The Balaban J connectivity index is 1.26. The van der Waals surface area contributed by atoms with Crippen LogP contribution in [0.1, 0.15) is 33.2 Å². The van der Waals surface area contributed by atoms with Gasteiger partial charge in [-0.25, -0.2) is 0 Å². The molecule has 0 atom stereocenters. The highest BCUT2D eigenvalue weighted by Crippen LogP contribution is 2.25. The number of aromatic nitrogens is 4. The second-order valence-electron chi connectivity index (χ2n) is 8.25. The van der Waals surface area contributed by atoms with Gasteiger partial charge in [-0.15, -0.1) is 0 Å². The fraction of sp³-hybridized carbons (Fsp3) is 0.143. The summed E-state index contributed by atoms with van der Waals surface area (Å²) in [6.45, 7) is 2.92. The third kappa shape index (κ3) is 5.50. The number of para-hydroxylation sites is 1. The molecule has 0 spiro atoms. The summed E-state index contributed by atoms with van der Waals surface area (Å²) in [6, 6.07) is 25.5. The molecule has 0 unspecified atom stereocenters. The summed E-state index contributed by atoms with van der Waals surface area (Å²) in [7, 11) is 0. The van der Waals surface area contributed by atoms with Crippen LogP contribution in [0.3, 0.4) is 0 Å². The Kier molecular flexibility index (Phi) is 6.84. The Bertz CT molecular complexity index is 1440. The topological polar surface area (TPSA) is 95.1 Å². The molecular formula is C28H25N5O3. The number of nitrogens with one attached hydrogen (secondary N) is 1. The first kappa shape index (κ1) is 23.0. The SMILES string of the molecule is Cc1nc(COc2ccccc2C(=O)NCc2ccccc2-c2ccc(Cn3cccn3)cc2)no1. The van der Waals surface area contributed by atoms with E-state index in [1.54, 1.807) is 31.3 Å². The average Bonchev–Trinajstić information content (AvgIpc) is 3.58. The molecule has 8 nitrogen and oxygen atoms in total. The van der Waals surface area contributed by atoms with Crippen LogP contribution in [0.5, 0.6) is 5.75 Å². The maximum absolute atomic E-state index is 13.0. The van der Waals surface area contributed by atoms with Crippen LogP contribution in [0.2, 0.25) is 0 Å². The molecular weight excluding hydrogens is 454 g/mol. The van der Waals surface area contributed by atoms with Gasteiger partial charge in [0.05, 0.1) is 12.1 Å². The highest BCUT2D eigenvalue weighted by atomic mass is 16.5. The van der Waals surface area contributed by atoms with Crippen molar-refractivity contribution in [3.05, 3.63) is 120 Å². The molecule has 180 valence electrons. The second kappa shape index (κ2) is 10.7. The summed E-state index contributed by atoms with van der Waals surface area (Å²) in [5, 5.41) is 11.1. The van der Waals surface area contributed by atoms with Gasteiger partial charge in [0, 0.05) is 25.9 Å². The van der Waals surface area contributed by atoms with Crippen LogP contribution >= 0.6 is 0 Å². The zero-order valence-corrected chi connectivity index (χ0v) is 19.8. The normalized spacial score (nSPS) is 10.8. The lowest BCUT2D eigenvalue weighted by Crippen LogP contribution is -2.23. The van der Waals surface area contributed by atoms with Crippen molar-refractivity contribution >= 4 is 5.91 Å². The smallest absolute Gasteiger partial charge is 0.255 e. The molecule has 0 saturated carbocycles. The van der Waals surface area contributed by atoms with Gasteiger partial charge in [0.2, 0.25) is 11.7 Å². The summed E-state index contributed by atoms with van der Waals surface area (Å²) >= 11 is 0. The van der Waals surface area contributed by atoms with Crippen LogP contribution in [0, 0.1) is 6.92 Å². The number of carbonyl (C=O) groups excluding carboxylic acids is 1. The molecule has 5 aromatic rings. The van der Waals surface area contributed by atoms with Gasteiger partial charge in [-0.3, -0.25) is 9.48 Å². The third-order valence-electron chi connectivity index (χ3n) is 5.68. The lowest BCUT2D eigenvalue weighted by molar-refractivity contribution is 0.0946. The van der Waals surface area contributed by atoms with Crippen molar-refractivity contribution in [3.8, 4) is 16.9 Å². The number of carbonyl (C=O) groups is 1. The van der Waals surface area contributed by atoms with Crippen molar-refractivity contribution in [2.75, 3.05) is 0 Å². The molecule has 1 amide bonds. The van der Waals surface area contributed by atoms with Crippen LogP contribution in [0.4, 0.5) is 0 Å². The monoisotopic (exact) mass is 479 g/mol. The average molecular weight is 480 g/mol. The first-order valence-corrected chi connectivity index (χ1v) is 11.6. The highest BCUT2D eigenvalue weighted by Gasteiger charge is 2.14. The Morgan fingerprint density at radius 3 is 2.58 bits per heavy atom. The lowest BCUT2D eigenvalue weighted by atomic mass is 9.98. The van der Waals surface area contributed by atoms with Crippen LogP contribution < -0.4 is 10.1 Å². The summed E-state index contributed by atoms with van der Waals surface area (Å²) in [5.74, 6) is 1.12. The van der Waals surface area contributed by atoms with Crippen LogP contribution in [-0.2, 0) is 19.7 Å². The van der Waals surface area contributed by atoms with Gasteiger partial charge in [0.25, 0.3) is 5.91 Å². The van der Waals surface area contributed by atoms with E-state index in [-0.39, 0.29) is 12.5 Å². The molecule has 0 aliphatic heterocycles. The molecule has 0 saturated heterocycles. The lowest BCUT2D eigenvalue weighted by Gasteiger charge is -2.13. The van der Waals surface area contributed by atoms with Gasteiger partial charge < -0.3 is 14.6 Å². The number of hydrogen-bond acceptors (Lipinski definition) is 6. The second-order valence-corrected chi connectivity index (χ2v) is 8.25. The van der Waals surface area contributed by atoms with Gasteiger partial charge in [-0.2, -0.15) is 10.1 Å². The van der Waals surface area contributed by atoms with Gasteiger partial charge in [0.1, 0.15) is 5.75 Å². The van der Waals surface area contributed by atoms with Gasteiger partial charge in [-0.1, -0.05) is 65.8 Å². The maximum atomic E-state index is 13.0. The summed E-state index contributed by atoms with van der Waals surface area (Å²) in [4.78, 5) is 17.2. The minimum atomic E-state index is -0.223. The van der Waals surface area contributed by atoms with E-state index < -0.39 is 0 Å². The summed E-state index contributed by atoms with van der Waals surface area (Å²) in [6.07, 6.45) is 3.72. The van der Waals surface area contributed by atoms with Crippen molar-refractivity contribution in [1.82, 2.24) is 25.2 Å². The maximum Gasteiger partial charge on any atom is 0.255 e. The van der Waals surface area contributed by atoms with Crippen LogP contribution in [0.15, 0.2) is 95.8 Å². The van der Waals surface area contributed by atoms with E-state index in [0.29, 0.717) is 29.6 Å². The highest BCUT2D eigenvalue weighted by molar-refractivity contribution is 5.97. The summed E-state index contributed by atoms with van der Waals surface area (Å²) < 4.78 is 12.7. The Morgan fingerprint density at radius 1 is 1.00 bits per heavy atom. The van der Waals surface area contributed by atoms with Crippen molar-refractivity contribution < 1.29 is 14.1 Å². The number of hydrogen-bond donors (Lipinski definition) is 1. The molecule has 0 aliphatic rings. The summed E-state index contributed by atoms with van der Waals surface area (Å²) in [5.41, 5.74) is 4.79. The standard InChI is InChI=1S/C28H25N5O3/c1-20-31-27(32-36-20)19-35-26-10-5-4-9-25(26)28(34)29-17-23-7-2-3-8-24(23)22-13-11-21(12-14-22)18-33-16-6-15-30-33/h2-16H,17-19H2,1H3,(H,29,34). The Labute approximate surface area is 208 Å². The molecule has 5 rings (SSSR count). The molecule has 0 radical (unpaired) electrons. The number of benzene rings is 3. The van der Waals surface area contributed by atoms with Crippen molar-refractivity contribution in [2.24, 2.45) is 0 Å². The van der Waals surface area contributed by atoms with E-state index in [9.17, 15) is 4.79 Å². The number of amides is 1. The van der Waals surface area contributed by atoms with Crippen LogP contribution in [-0.4, -0.2) is 25.8 Å². The zero-order valence-electron chi connectivity index (χ0n) is 19.8. The van der Waals surface area contributed by atoms with E-state index in [1.807, 2.05) is 41.2 Å². The van der Waals surface area contributed by atoms with Gasteiger partial charge in [0.15, 0.2) is 6.61 Å². The molecule has 8 heteroatoms. The number of rotatable bonds is 9. The van der Waals surface area contributed by atoms with Crippen molar-refractivity contribution in [2.45, 2.75) is 26.6 Å². The fourth-order valence-electron chi connectivity index (χ4n) is 3.92. The van der Waals surface area contributed by atoms with E-state index >= 15 is 0 Å². The van der Waals surface area contributed by atoms with Crippen molar-refractivity contribution in [1.29, 1.82) is 0 Å². The quantitative estimate of drug-likeness (QED) is 0.326. The molecule has 2 heterocycles. The first-order valence-electron chi connectivity index (χ1n) is 11.6. The Hall–Kier alpha value is -4.72.